The van der Waals surface area contributed by atoms with Crippen molar-refractivity contribution < 1.29 is 14.3 Å². The third-order valence-corrected chi connectivity index (χ3v) is 4.61. The number of methoxy groups -OCH3 is 1. The van der Waals surface area contributed by atoms with Gasteiger partial charge < -0.3 is 4.74 Å². The molecule has 0 aromatic heterocycles. The topological polar surface area (TPSA) is 43.4 Å². The molecule has 4 aliphatic carbocycles. The Hall–Kier alpha value is -0.860. The fourth-order valence-electron chi connectivity index (χ4n) is 4.13. The summed E-state index contributed by atoms with van der Waals surface area (Å²) in [6, 6.07) is 0. The van der Waals surface area contributed by atoms with Gasteiger partial charge in [-0.15, -0.1) is 0 Å². The molecule has 4 saturated carbocycles. The summed E-state index contributed by atoms with van der Waals surface area (Å²) in [7, 11) is 1.43. The van der Waals surface area contributed by atoms with E-state index in [2.05, 4.69) is 0 Å². The van der Waals surface area contributed by atoms with Crippen molar-refractivity contribution in [1.82, 2.24) is 0 Å². The number of carbonyl (C=O) groups excluding carboxylic acids is 2. The molecular weight excluding hydrogens is 192 g/mol. The van der Waals surface area contributed by atoms with Gasteiger partial charge in [-0.1, -0.05) is 0 Å². The average molecular weight is 208 g/mol. The molecule has 82 valence electrons. The Bertz CT molecular complexity index is 323. The highest BCUT2D eigenvalue weighted by Gasteiger charge is 2.55. The lowest BCUT2D eigenvalue weighted by Gasteiger charge is -2.51. The quantitative estimate of drug-likeness (QED) is 0.612. The molecule has 4 rings (SSSR count). The first-order valence-electron chi connectivity index (χ1n) is 5.82. The number of rotatable bonds is 1. The largest absolute Gasteiger partial charge is 0.469 e. The van der Waals surface area contributed by atoms with E-state index in [1.54, 1.807) is 0 Å². The van der Waals surface area contributed by atoms with E-state index < -0.39 is 0 Å². The van der Waals surface area contributed by atoms with Crippen molar-refractivity contribution in [3.8, 4) is 0 Å². The third kappa shape index (κ3) is 1.18. The molecule has 3 nitrogen and oxygen atoms in total. The maximum atomic E-state index is 12.0. The number of ether oxygens (including phenoxy) is 1. The van der Waals surface area contributed by atoms with E-state index in [0.717, 1.165) is 25.7 Å². The minimum atomic E-state index is -0.155. The van der Waals surface area contributed by atoms with Gasteiger partial charge in [-0.05, 0) is 37.5 Å². The van der Waals surface area contributed by atoms with Gasteiger partial charge in [0.15, 0.2) is 0 Å². The van der Waals surface area contributed by atoms with Crippen LogP contribution in [0.2, 0.25) is 0 Å². The van der Waals surface area contributed by atoms with Gasteiger partial charge in [0.25, 0.3) is 0 Å². The number of hydrogen-bond acceptors (Lipinski definition) is 3. The van der Waals surface area contributed by atoms with Crippen molar-refractivity contribution in [2.24, 2.45) is 29.6 Å². The Morgan fingerprint density at radius 1 is 1.27 bits per heavy atom. The maximum Gasteiger partial charge on any atom is 0.309 e. The highest BCUT2D eigenvalue weighted by atomic mass is 16.5. The van der Waals surface area contributed by atoms with Gasteiger partial charge in [-0.25, -0.2) is 0 Å². The van der Waals surface area contributed by atoms with Gasteiger partial charge in [0.05, 0.1) is 13.0 Å². The fourth-order valence-corrected chi connectivity index (χ4v) is 4.13. The molecule has 0 aromatic carbocycles. The molecule has 0 saturated heterocycles. The van der Waals surface area contributed by atoms with Crippen LogP contribution < -0.4 is 0 Å². The molecule has 0 aromatic rings. The van der Waals surface area contributed by atoms with Crippen molar-refractivity contribution in [2.45, 2.75) is 25.7 Å². The monoisotopic (exact) mass is 208 g/mol. The van der Waals surface area contributed by atoms with Gasteiger partial charge in [0.2, 0.25) is 0 Å². The molecule has 0 heterocycles. The Morgan fingerprint density at radius 3 is 2.80 bits per heavy atom. The number of hydrogen-bond donors (Lipinski definition) is 0. The van der Waals surface area contributed by atoms with Crippen molar-refractivity contribution in [3.05, 3.63) is 0 Å². The van der Waals surface area contributed by atoms with Crippen LogP contribution in [0.1, 0.15) is 25.7 Å². The molecule has 0 N–H and O–H groups in total. The van der Waals surface area contributed by atoms with Crippen LogP contribution in [0.4, 0.5) is 0 Å². The van der Waals surface area contributed by atoms with Gasteiger partial charge in [0, 0.05) is 11.8 Å². The summed E-state index contributed by atoms with van der Waals surface area (Å²) in [5.74, 6) is 1.47. The summed E-state index contributed by atoms with van der Waals surface area (Å²) < 4.78 is 4.83. The predicted octanol–water partition coefficient (Wildman–Crippen LogP) is 1.41. The molecule has 4 fully saturated rings. The second-order valence-electron chi connectivity index (χ2n) is 5.32. The molecule has 15 heavy (non-hydrogen) atoms. The highest BCUT2D eigenvalue weighted by Crippen LogP contribution is 2.54. The summed E-state index contributed by atoms with van der Waals surface area (Å²) in [6.45, 7) is 0. The van der Waals surface area contributed by atoms with Crippen molar-refractivity contribution in [3.63, 3.8) is 0 Å². The first kappa shape index (κ1) is 9.37. The lowest BCUT2D eigenvalue weighted by Crippen LogP contribution is -2.53. The molecule has 0 radical (unpaired) electrons. The maximum absolute atomic E-state index is 12.0. The van der Waals surface area contributed by atoms with Crippen LogP contribution in [-0.4, -0.2) is 18.9 Å². The minimum Gasteiger partial charge on any atom is -0.469 e. The van der Waals surface area contributed by atoms with Crippen LogP contribution >= 0.6 is 0 Å². The zero-order valence-electron chi connectivity index (χ0n) is 8.94. The molecule has 4 bridgehead atoms. The fraction of sp³-hybridized carbons (Fsp3) is 0.833. The van der Waals surface area contributed by atoms with E-state index >= 15 is 0 Å². The van der Waals surface area contributed by atoms with E-state index in [1.807, 2.05) is 0 Å². The summed E-state index contributed by atoms with van der Waals surface area (Å²) in [5.41, 5.74) is 0. The SMILES string of the molecule is COC(=O)C1C2CC3CC(C2)C(=O)C1C3. The molecular formula is C12H16O3. The zero-order valence-corrected chi connectivity index (χ0v) is 8.94. The van der Waals surface area contributed by atoms with Gasteiger partial charge in [-0.2, -0.15) is 0 Å². The number of carbonyl (C=O) groups is 2. The van der Waals surface area contributed by atoms with Crippen molar-refractivity contribution in [1.29, 1.82) is 0 Å². The summed E-state index contributed by atoms with van der Waals surface area (Å²) >= 11 is 0. The normalized spacial score (nSPS) is 47.0. The molecule has 5 atom stereocenters. The molecule has 0 amide bonds. The predicted molar refractivity (Wildman–Crippen MR) is 52.9 cm³/mol. The van der Waals surface area contributed by atoms with Gasteiger partial charge in [-0.3, -0.25) is 9.59 Å². The zero-order chi connectivity index (χ0) is 10.6. The van der Waals surface area contributed by atoms with Gasteiger partial charge in [0.1, 0.15) is 5.78 Å². The van der Waals surface area contributed by atoms with Gasteiger partial charge >= 0.3 is 5.97 Å². The second-order valence-corrected chi connectivity index (χ2v) is 5.32. The summed E-state index contributed by atoms with van der Waals surface area (Å²) in [4.78, 5) is 23.7. The smallest absolute Gasteiger partial charge is 0.309 e. The average Bonchev–Trinajstić information content (AvgIpc) is 2.24. The van der Waals surface area contributed by atoms with E-state index in [1.165, 1.54) is 7.11 Å². The Kier molecular flexibility index (Phi) is 1.91. The van der Waals surface area contributed by atoms with Crippen molar-refractivity contribution >= 4 is 11.8 Å². The standard InChI is InChI=1S/C12H16O3/c1-15-12(14)10-7-2-6-3-8(5-7)11(13)9(10)4-6/h6-10H,2-5H2,1H3. The Morgan fingerprint density at radius 2 is 2.07 bits per heavy atom. The lowest BCUT2D eigenvalue weighted by atomic mass is 9.51. The van der Waals surface area contributed by atoms with E-state index in [4.69, 9.17) is 4.74 Å². The first-order chi connectivity index (χ1) is 7.20. The second kappa shape index (κ2) is 3.06. The molecule has 0 spiro atoms. The van der Waals surface area contributed by atoms with E-state index in [9.17, 15) is 9.59 Å². The molecule has 0 aliphatic heterocycles. The van der Waals surface area contributed by atoms with Crippen LogP contribution in [0.15, 0.2) is 0 Å². The van der Waals surface area contributed by atoms with E-state index in [0.29, 0.717) is 17.6 Å². The van der Waals surface area contributed by atoms with Crippen molar-refractivity contribution in [2.75, 3.05) is 7.11 Å². The molecule has 5 unspecified atom stereocenters. The lowest BCUT2D eigenvalue weighted by molar-refractivity contribution is -0.166. The molecule has 4 aliphatic rings. The Balaban J connectivity index is 1.92. The van der Waals surface area contributed by atoms with Crippen LogP contribution in [0.3, 0.4) is 0 Å². The van der Waals surface area contributed by atoms with Crippen LogP contribution in [-0.2, 0) is 14.3 Å². The number of Topliss-reactive ketones (excluding diaryl/α,β-unsaturated/α-hetero) is 1. The first-order valence-corrected chi connectivity index (χ1v) is 5.82. The number of esters is 1. The summed E-state index contributed by atoms with van der Waals surface area (Å²) in [6.07, 6.45) is 4.09. The molecule has 3 heteroatoms. The summed E-state index contributed by atoms with van der Waals surface area (Å²) in [5, 5.41) is 0. The number of ketones is 1. The highest BCUT2D eigenvalue weighted by molar-refractivity contribution is 5.91. The minimum absolute atomic E-state index is 0.00583. The van der Waals surface area contributed by atoms with E-state index in [-0.39, 0.29) is 23.7 Å². The third-order valence-electron chi connectivity index (χ3n) is 4.61. The van der Waals surface area contributed by atoms with Crippen LogP contribution in [0.25, 0.3) is 0 Å². The van der Waals surface area contributed by atoms with Crippen LogP contribution in [0.5, 0.6) is 0 Å². The van der Waals surface area contributed by atoms with Crippen LogP contribution in [0, 0.1) is 29.6 Å². The Labute approximate surface area is 89.2 Å².